The van der Waals surface area contributed by atoms with Crippen LogP contribution in [0.5, 0.6) is 0 Å². The molecule has 0 aliphatic heterocycles. The van der Waals surface area contributed by atoms with Crippen molar-refractivity contribution in [2.24, 2.45) is 0 Å². The monoisotopic (exact) mass is 480 g/mol. The molecule has 28 heavy (non-hydrogen) atoms. The van der Waals surface area contributed by atoms with Crippen LogP contribution in [0, 0.1) is 6.07 Å². The molecule has 0 aromatic heterocycles. The van der Waals surface area contributed by atoms with Crippen molar-refractivity contribution in [3.63, 3.8) is 0 Å². The summed E-state index contributed by atoms with van der Waals surface area (Å²) in [5.74, 6) is 0. The van der Waals surface area contributed by atoms with Gasteiger partial charge in [-0.05, 0) is 0 Å². The van der Waals surface area contributed by atoms with Gasteiger partial charge in [0.05, 0.1) is 0 Å². The fraction of sp³-hybridized carbons (Fsp3) is 0. The summed E-state index contributed by atoms with van der Waals surface area (Å²) >= 11 is 1.05. The molecule has 0 atom stereocenters. The van der Waals surface area contributed by atoms with Crippen molar-refractivity contribution in [1.29, 1.82) is 0 Å². The van der Waals surface area contributed by atoms with Gasteiger partial charge in [0.25, 0.3) is 0 Å². The first-order valence-electron chi connectivity index (χ1n) is 8.34. The van der Waals surface area contributed by atoms with Crippen LogP contribution in [0.1, 0.15) is 0 Å². The van der Waals surface area contributed by atoms with Gasteiger partial charge < -0.3 is 0 Å². The van der Waals surface area contributed by atoms with Crippen molar-refractivity contribution >= 4 is 51.3 Å². The van der Waals surface area contributed by atoms with Crippen molar-refractivity contribution in [1.82, 2.24) is 0 Å². The van der Waals surface area contributed by atoms with Crippen LogP contribution in [0.25, 0.3) is 21.5 Å². The van der Waals surface area contributed by atoms with Crippen LogP contribution in [-0.4, -0.2) is 4.94 Å². The van der Waals surface area contributed by atoms with Crippen molar-refractivity contribution < 1.29 is 24.0 Å². The van der Waals surface area contributed by atoms with Crippen LogP contribution in [0.3, 0.4) is 0 Å². The second kappa shape index (κ2) is 16.4. The van der Waals surface area contributed by atoms with Crippen LogP contribution in [0.2, 0.25) is 0 Å². The Kier molecular flexibility index (Phi) is 15.4. The van der Waals surface area contributed by atoms with Crippen LogP contribution < -0.4 is 0 Å². The third-order valence-electron chi connectivity index (χ3n) is 3.70. The quantitative estimate of drug-likeness (QED) is 0.164. The smallest absolute Gasteiger partial charge is 0.0809 e. The fourth-order valence-corrected chi connectivity index (χ4v) is 2.48. The van der Waals surface area contributed by atoms with Gasteiger partial charge in [0.15, 0.2) is 0 Å². The molecule has 5 aromatic carbocycles. The molecule has 141 valence electrons. The summed E-state index contributed by atoms with van der Waals surface area (Å²) in [6.45, 7) is 0. The Morgan fingerprint density at radius 3 is 1.32 bits per heavy atom. The van der Waals surface area contributed by atoms with Crippen molar-refractivity contribution in [2.75, 3.05) is 0 Å². The predicted molar refractivity (Wildman–Crippen MR) is 125 cm³/mol. The molecule has 0 N–H and O–H groups in total. The van der Waals surface area contributed by atoms with Gasteiger partial charge in [0, 0.05) is 0 Å². The molecule has 0 bridgehead atoms. The van der Waals surface area contributed by atoms with E-state index in [1.165, 1.54) is 21.5 Å². The third kappa shape index (κ3) is 9.07. The van der Waals surface area contributed by atoms with Gasteiger partial charge in [-0.1, -0.05) is 12.1 Å². The first kappa shape index (κ1) is 26.4. The fourth-order valence-electron chi connectivity index (χ4n) is 2.48. The summed E-state index contributed by atoms with van der Waals surface area (Å²) in [7, 11) is 0. The third-order valence-corrected chi connectivity index (χ3v) is 3.70. The normalized spacial score (nSPS) is 8.36. The SMILES string of the molecule is Cl.Cl.[B]=[Zr].[c-]1ccccc1.c1ccc2[cH-]ccc2c1.c1ccc2[cH-]ccc2c1. The maximum absolute atomic E-state index is 4.59. The standard InChI is InChI=1S/2C9H7.C6H5.B.2ClH.Zr/c2*1-2-5-9-7-3-6-8(9)4-1;1-2-4-6-5-3-1;;;;/h2*1-7H;1-5H;;2*1H;/q3*-1;;;;. The van der Waals surface area contributed by atoms with Crippen LogP contribution in [0.15, 0.2) is 115 Å². The zero-order valence-corrected chi connectivity index (χ0v) is 19.5. The molecular weight excluding hydrogens is 461 g/mol. The van der Waals surface area contributed by atoms with E-state index in [4.69, 9.17) is 0 Å². The summed E-state index contributed by atoms with van der Waals surface area (Å²) in [6, 6.07) is 41.8. The number of hydrogen-bond donors (Lipinski definition) is 0. The molecule has 0 nitrogen and oxygen atoms in total. The van der Waals surface area contributed by atoms with E-state index in [9.17, 15) is 0 Å². The van der Waals surface area contributed by atoms with Gasteiger partial charge in [-0.15, -0.1) is 84.1 Å². The Morgan fingerprint density at radius 1 is 0.571 bits per heavy atom. The number of hydrogen-bond acceptors (Lipinski definition) is 0. The van der Waals surface area contributed by atoms with Crippen molar-refractivity contribution in [2.45, 2.75) is 0 Å². The van der Waals surface area contributed by atoms with Gasteiger partial charge in [-0.3, -0.25) is 0 Å². The van der Waals surface area contributed by atoms with Gasteiger partial charge in [0.1, 0.15) is 0 Å². The molecule has 0 heterocycles. The first-order chi connectivity index (χ1) is 12.9. The van der Waals surface area contributed by atoms with Crippen LogP contribution in [0.4, 0.5) is 0 Å². The summed E-state index contributed by atoms with van der Waals surface area (Å²) in [5.41, 5.74) is 0. The van der Waals surface area contributed by atoms with Gasteiger partial charge in [-0.2, -0.15) is 71.4 Å². The molecule has 0 saturated heterocycles. The minimum Gasteiger partial charge on any atom is -0.184 e. The molecule has 0 unspecified atom stereocenters. The molecule has 0 aliphatic carbocycles. The van der Waals surface area contributed by atoms with Gasteiger partial charge >= 0.3 is 28.9 Å². The Hall–Kier alpha value is -1.59. The molecule has 4 heteroatoms. The van der Waals surface area contributed by atoms with Gasteiger partial charge in [0.2, 0.25) is 0 Å². The first-order valence-corrected chi connectivity index (χ1v) is 9.76. The van der Waals surface area contributed by atoms with E-state index in [0.29, 0.717) is 0 Å². The number of fused-ring (bicyclic) bond motifs is 2. The Morgan fingerprint density at radius 2 is 1.00 bits per heavy atom. The van der Waals surface area contributed by atoms with Crippen molar-refractivity contribution in [3.05, 3.63) is 121 Å². The molecule has 1 radical (unpaired) electrons. The zero-order valence-electron chi connectivity index (χ0n) is 15.4. The van der Waals surface area contributed by atoms with E-state index in [1.54, 1.807) is 0 Å². The van der Waals surface area contributed by atoms with E-state index in [2.05, 4.69) is 95.9 Å². The molecule has 0 amide bonds. The van der Waals surface area contributed by atoms with E-state index in [1.807, 2.05) is 30.3 Å². The van der Waals surface area contributed by atoms with E-state index in [0.717, 1.165) is 24.0 Å². The largest absolute Gasteiger partial charge is 0.184 e. The minimum absolute atomic E-state index is 0. The molecule has 0 fully saturated rings. The second-order valence-electron chi connectivity index (χ2n) is 5.39. The number of rotatable bonds is 0. The molecule has 0 aliphatic rings. The van der Waals surface area contributed by atoms with E-state index < -0.39 is 0 Å². The second-order valence-corrected chi connectivity index (χ2v) is 5.39. The molecule has 0 spiro atoms. The van der Waals surface area contributed by atoms with Gasteiger partial charge in [-0.25, -0.2) is 0 Å². The number of halogens is 2. The molecule has 5 aromatic rings. The number of benzene rings is 3. The summed E-state index contributed by atoms with van der Waals surface area (Å²) in [6.07, 6.45) is 0. The predicted octanol–water partition coefficient (Wildman–Crippen LogP) is 7.06. The Bertz CT molecular complexity index is 840. The average Bonchev–Trinajstić information content (AvgIpc) is 3.41. The summed E-state index contributed by atoms with van der Waals surface area (Å²) in [4.78, 5) is 4.59. The zero-order chi connectivity index (χ0) is 18.5. The summed E-state index contributed by atoms with van der Waals surface area (Å²) in [5, 5.41) is 5.32. The average molecular weight is 482 g/mol. The maximum Gasteiger partial charge on any atom is -0.0809 e. The Balaban J connectivity index is 0.000000368. The topological polar surface area (TPSA) is 0 Å². The van der Waals surface area contributed by atoms with E-state index in [-0.39, 0.29) is 24.8 Å². The van der Waals surface area contributed by atoms with Crippen LogP contribution in [-0.2, 0) is 24.0 Å². The summed E-state index contributed by atoms with van der Waals surface area (Å²) < 4.78 is 0. The van der Waals surface area contributed by atoms with Crippen LogP contribution >= 0.6 is 24.8 Å². The molecule has 0 saturated carbocycles. The van der Waals surface area contributed by atoms with Crippen molar-refractivity contribution in [3.8, 4) is 0 Å². The molecule has 5 rings (SSSR count). The van der Waals surface area contributed by atoms with E-state index >= 15 is 0 Å². The molecular formula is C24H21BCl2Zr-3. The Labute approximate surface area is 195 Å². The maximum atomic E-state index is 4.59. The minimum atomic E-state index is 0.